The molecule has 0 saturated carbocycles. The fourth-order valence-corrected chi connectivity index (χ4v) is 8.22. The van der Waals surface area contributed by atoms with Crippen LogP contribution >= 0.6 is 0 Å². The number of benzene rings is 1. The smallest absolute Gasteiger partial charge is 0.00986 e. The topological polar surface area (TPSA) is 15.3 Å². The molecule has 2 atom stereocenters. The highest BCUT2D eigenvalue weighted by atomic mass is 15.2. The highest BCUT2D eigenvalue weighted by molar-refractivity contribution is 5.31. The SMILES string of the molecule is CC(C)CCC1CC(CC(C)C)CN1CC(C)C.CC(C)CNCC(CC(C)C)CC(C)C.CC(C)Cc1cc(CC(C)C)cc(CC(C)C)c1. The third kappa shape index (κ3) is 28.3. The molecule has 0 radical (unpaired) electrons. The molecule has 1 aliphatic rings. The van der Waals surface area contributed by atoms with Crippen molar-refractivity contribution in [2.75, 3.05) is 26.2 Å². The summed E-state index contributed by atoms with van der Waals surface area (Å²) >= 11 is 0. The second-order valence-corrected chi connectivity index (χ2v) is 20.8. The Kier molecular flexibility index (Phi) is 27.2. The van der Waals surface area contributed by atoms with Gasteiger partial charge in [0.2, 0.25) is 0 Å². The molecule has 51 heavy (non-hydrogen) atoms. The molecular formula is C49H96N2. The Morgan fingerprint density at radius 3 is 1.31 bits per heavy atom. The lowest BCUT2D eigenvalue weighted by Crippen LogP contribution is -2.33. The number of hydrogen-bond donors (Lipinski definition) is 1. The van der Waals surface area contributed by atoms with Crippen LogP contribution in [0.2, 0.25) is 0 Å². The van der Waals surface area contributed by atoms with Gasteiger partial charge >= 0.3 is 0 Å². The Labute approximate surface area is 323 Å². The standard InChI is InChI=1S/C18H30.C17H35N.C14H31N/c1-13(2)7-16-10-17(8-14(3)4)12-18(11-16)9-15(5)6;1-13(2)7-8-17-10-16(9-14(3)4)12-18(17)11-15(5)6;1-11(2)7-14(8-12(3)4)10-15-9-13(5)6/h10-15H,7-9H2,1-6H3;13-17H,7-12H2,1-6H3;11-15H,7-10H2,1-6H3. The number of hydrogen-bond acceptors (Lipinski definition) is 2. The number of nitrogens with one attached hydrogen (secondary N) is 1. The van der Waals surface area contributed by atoms with Crippen molar-refractivity contribution in [1.82, 2.24) is 10.2 Å². The van der Waals surface area contributed by atoms with E-state index in [1.165, 1.54) is 94.1 Å². The van der Waals surface area contributed by atoms with Crippen LogP contribution in [0.1, 0.15) is 180 Å². The summed E-state index contributed by atoms with van der Waals surface area (Å²) in [5.41, 5.74) is 4.58. The lowest BCUT2D eigenvalue weighted by Gasteiger charge is -2.26. The van der Waals surface area contributed by atoms with E-state index in [9.17, 15) is 0 Å². The fraction of sp³-hybridized carbons (Fsp3) is 0.878. The molecule has 1 aromatic rings. The molecule has 0 spiro atoms. The lowest BCUT2D eigenvalue weighted by atomic mass is 9.89. The molecule has 1 aromatic carbocycles. The number of nitrogens with zero attached hydrogens (tertiary/aromatic N) is 1. The van der Waals surface area contributed by atoms with Gasteiger partial charge in [0, 0.05) is 19.1 Å². The van der Waals surface area contributed by atoms with Crippen LogP contribution in [-0.4, -0.2) is 37.1 Å². The van der Waals surface area contributed by atoms with Crippen LogP contribution in [0.5, 0.6) is 0 Å². The average Bonchev–Trinajstić information content (AvgIpc) is 3.29. The Morgan fingerprint density at radius 2 is 0.980 bits per heavy atom. The Morgan fingerprint density at radius 1 is 0.529 bits per heavy atom. The molecule has 1 saturated heterocycles. The predicted octanol–water partition coefficient (Wildman–Crippen LogP) is 14.0. The van der Waals surface area contributed by atoms with E-state index in [2.05, 4.69) is 153 Å². The van der Waals surface area contributed by atoms with Gasteiger partial charge in [-0.15, -0.1) is 0 Å². The van der Waals surface area contributed by atoms with E-state index in [0.29, 0.717) is 0 Å². The summed E-state index contributed by atoms with van der Waals surface area (Å²) < 4.78 is 0. The first-order valence-electron chi connectivity index (χ1n) is 22.2. The van der Waals surface area contributed by atoms with Crippen molar-refractivity contribution in [1.29, 1.82) is 0 Å². The maximum atomic E-state index is 3.60. The second kappa shape index (κ2) is 27.7. The monoisotopic (exact) mass is 713 g/mol. The minimum Gasteiger partial charge on any atom is -0.316 e. The van der Waals surface area contributed by atoms with E-state index in [1.807, 2.05) is 0 Å². The molecule has 0 bridgehead atoms. The van der Waals surface area contributed by atoms with Crippen molar-refractivity contribution < 1.29 is 0 Å². The highest BCUT2D eigenvalue weighted by Crippen LogP contribution is 2.32. The van der Waals surface area contributed by atoms with Gasteiger partial charge in [-0.1, -0.05) is 143 Å². The summed E-state index contributed by atoms with van der Waals surface area (Å²) in [6, 6.07) is 8.14. The van der Waals surface area contributed by atoms with E-state index in [4.69, 9.17) is 0 Å². The molecule has 302 valence electrons. The zero-order valence-corrected chi connectivity index (χ0v) is 38.3. The van der Waals surface area contributed by atoms with E-state index < -0.39 is 0 Å². The summed E-state index contributed by atoms with van der Waals surface area (Å²) in [4.78, 5) is 2.79. The molecule has 1 N–H and O–H groups in total. The van der Waals surface area contributed by atoms with Gasteiger partial charge in [0.25, 0.3) is 0 Å². The van der Waals surface area contributed by atoms with Gasteiger partial charge < -0.3 is 5.32 Å². The quantitative estimate of drug-likeness (QED) is 0.136. The molecule has 0 aliphatic carbocycles. The summed E-state index contributed by atoms with van der Waals surface area (Å²) in [5.74, 6) is 9.00. The van der Waals surface area contributed by atoms with Crippen LogP contribution in [0.25, 0.3) is 0 Å². The van der Waals surface area contributed by atoms with Crippen molar-refractivity contribution in [3.63, 3.8) is 0 Å². The largest absolute Gasteiger partial charge is 0.316 e. The van der Waals surface area contributed by atoms with E-state index in [-0.39, 0.29) is 0 Å². The average molecular weight is 713 g/mol. The van der Waals surface area contributed by atoms with Crippen LogP contribution < -0.4 is 5.32 Å². The Balaban J connectivity index is 0.000000740. The summed E-state index contributed by atoms with van der Waals surface area (Å²) in [6.45, 7) is 46.9. The molecule has 2 nitrogen and oxygen atoms in total. The van der Waals surface area contributed by atoms with Crippen LogP contribution in [-0.2, 0) is 19.3 Å². The molecular weight excluding hydrogens is 617 g/mol. The normalized spacial score (nSPS) is 16.9. The van der Waals surface area contributed by atoms with Crippen LogP contribution in [0.3, 0.4) is 0 Å². The fourth-order valence-electron chi connectivity index (χ4n) is 8.22. The lowest BCUT2D eigenvalue weighted by molar-refractivity contribution is 0.207. The van der Waals surface area contributed by atoms with Gasteiger partial charge in [-0.3, -0.25) is 4.90 Å². The van der Waals surface area contributed by atoms with E-state index in [0.717, 1.165) is 77.7 Å². The number of likely N-dealkylation sites (tertiary alicyclic amines) is 1. The molecule has 1 aliphatic heterocycles. The zero-order chi connectivity index (χ0) is 39.3. The van der Waals surface area contributed by atoms with Crippen molar-refractivity contribution in [3.8, 4) is 0 Å². The van der Waals surface area contributed by atoms with Crippen molar-refractivity contribution in [2.45, 2.75) is 188 Å². The molecule has 2 unspecified atom stereocenters. The van der Waals surface area contributed by atoms with Crippen molar-refractivity contribution in [2.24, 2.45) is 65.1 Å². The summed E-state index contributed by atoms with van der Waals surface area (Å²) in [7, 11) is 0. The van der Waals surface area contributed by atoms with Crippen LogP contribution in [0.15, 0.2) is 18.2 Å². The second-order valence-electron chi connectivity index (χ2n) is 20.8. The van der Waals surface area contributed by atoms with Crippen molar-refractivity contribution >= 4 is 0 Å². The number of rotatable bonds is 21. The zero-order valence-electron chi connectivity index (χ0n) is 38.3. The minimum atomic E-state index is 0.742. The first-order valence-corrected chi connectivity index (χ1v) is 22.2. The molecule has 2 heteroatoms. The first kappa shape index (κ1) is 50.1. The Hall–Kier alpha value is -0.860. The Bertz CT molecular complexity index is 873. The van der Waals surface area contributed by atoms with Gasteiger partial charge in [0.15, 0.2) is 0 Å². The van der Waals surface area contributed by atoms with Crippen molar-refractivity contribution in [3.05, 3.63) is 34.9 Å². The third-order valence-electron chi connectivity index (χ3n) is 9.74. The van der Waals surface area contributed by atoms with Gasteiger partial charge in [-0.25, -0.2) is 0 Å². The maximum Gasteiger partial charge on any atom is 0.00986 e. The molecule has 0 aromatic heterocycles. The summed E-state index contributed by atoms with van der Waals surface area (Å²) in [5, 5.41) is 3.60. The molecule has 2 rings (SSSR count). The minimum absolute atomic E-state index is 0.742. The van der Waals surface area contributed by atoms with E-state index in [1.54, 1.807) is 0 Å². The maximum absolute atomic E-state index is 3.60. The first-order chi connectivity index (χ1) is 23.7. The van der Waals surface area contributed by atoms with Crippen LogP contribution in [0, 0.1) is 65.1 Å². The molecule has 1 heterocycles. The van der Waals surface area contributed by atoms with Gasteiger partial charge in [0.1, 0.15) is 0 Å². The van der Waals surface area contributed by atoms with E-state index >= 15 is 0 Å². The van der Waals surface area contributed by atoms with Gasteiger partial charge in [0.05, 0.1) is 0 Å². The highest BCUT2D eigenvalue weighted by Gasteiger charge is 2.32. The van der Waals surface area contributed by atoms with Gasteiger partial charge in [-0.05, 0) is 153 Å². The van der Waals surface area contributed by atoms with Gasteiger partial charge in [-0.2, -0.15) is 0 Å². The van der Waals surface area contributed by atoms with Crippen LogP contribution in [0.4, 0.5) is 0 Å². The molecule has 0 amide bonds. The predicted molar refractivity (Wildman–Crippen MR) is 234 cm³/mol. The molecule has 1 fully saturated rings. The summed E-state index contributed by atoms with van der Waals surface area (Å²) in [6.07, 6.45) is 12.0. The third-order valence-corrected chi connectivity index (χ3v) is 9.74.